The SMILES string of the molecule is CSC1CCN(c2nnc([C@H]3CCO[C@@H]3C(C)(C)C)n2CC2CC2)CC1. The van der Waals surface area contributed by atoms with E-state index in [0.29, 0.717) is 5.92 Å². The number of nitrogens with zero attached hydrogens (tertiary/aromatic N) is 4. The molecule has 1 aromatic heterocycles. The molecule has 0 bridgehead atoms. The Balaban J connectivity index is 1.60. The summed E-state index contributed by atoms with van der Waals surface area (Å²) in [6, 6.07) is 0. The number of thioether (sulfide) groups is 1. The molecule has 1 saturated carbocycles. The van der Waals surface area contributed by atoms with Gasteiger partial charge in [-0.2, -0.15) is 11.8 Å². The molecule has 0 amide bonds. The summed E-state index contributed by atoms with van der Waals surface area (Å²) >= 11 is 2.01. The minimum atomic E-state index is 0.133. The van der Waals surface area contributed by atoms with Gasteiger partial charge in [-0.15, -0.1) is 10.2 Å². The molecule has 3 aliphatic rings. The summed E-state index contributed by atoms with van der Waals surface area (Å²) in [5.41, 5.74) is 0.133. The van der Waals surface area contributed by atoms with E-state index in [1.54, 1.807) is 0 Å². The van der Waals surface area contributed by atoms with Gasteiger partial charge in [-0.3, -0.25) is 4.57 Å². The summed E-state index contributed by atoms with van der Waals surface area (Å²) in [5.74, 6) is 3.49. The summed E-state index contributed by atoms with van der Waals surface area (Å²) < 4.78 is 8.61. The largest absolute Gasteiger partial charge is 0.377 e. The highest BCUT2D eigenvalue weighted by molar-refractivity contribution is 7.99. The maximum atomic E-state index is 6.15. The highest BCUT2D eigenvalue weighted by atomic mass is 32.2. The van der Waals surface area contributed by atoms with Crippen LogP contribution in [0.15, 0.2) is 0 Å². The van der Waals surface area contributed by atoms with Crippen LogP contribution in [0.5, 0.6) is 0 Å². The van der Waals surface area contributed by atoms with Gasteiger partial charge in [0.25, 0.3) is 0 Å². The first-order valence-electron chi connectivity index (χ1n) is 10.3. The topological polar surface area (TPSA) is 43.2 Å². The van der Waals surface area contributed by atoms with Crippen molar-refractivity contribution in [3.63, 3.8) is 0 Å². The molecule has 0 unspecified atom stereocenters. The first-order valence-corrected chi connectivity index (χ1v) is 11.6. The highest BCUT2D eigenvalue weighted by Crippen LogP contribution is 2.42. The van der Waals surface area contributed by atoms with E-state index in [0.717, 1.165) is 49.8 Å². The Morgan fingerprint density at radius 3 is 2.42 bits per heavy atom. The zero-order valence-corrected chi connectivity index (χ0v) is 17.6. The molecular weight excluding hydrogens is 344 g/mol. The van der Waals surface area contributed by atoms with Crippen molar-refractivity contribution in [2.75, 3.05) is 30.9 Å². The van der Waals surface area contributed by atoms with Gasteiger partial charge >= 0.3 is 0 Å². The standard InChI is InChI=1S/C20H34N4OS/c1-20(2,3)17-16(9-12-25-17)18-21-22-19(24(18)13-14-5-6-14)23-10-7-15(26-4)8-11-23/h14-17H,5-13H2,1-4H3/t16-,17-/m0/s1. The van der Waals surface area contributed by atoms with E-state index in [2.05, 4.69) is 36.5 Å². The maximum Gasteiger partial charge on any atom is 0.227 e. The third-order valence-corrected chi connectivity index (χ3v) is 7.37. The molecule has 2 aliphatic heterocycles. The Morgan fingerprint density at radius 1 is 1.08 bits per heavy atom. The maximum absolute atomic E-state index is 6.15. The van der Waals surface area contributed by atoms with Crippen molar-refractivity contribution in [3.8, 4) is 0 Å². The van der Waals surface area contributed by atoms with Crippen LogP contribution in [-0.2, 0) is 11.3 Å². The van der Waals surface area contributed by atoms with Crippen LogP contribution in [0.4, 0.5) is 5.95 Å². The van der Waals surface area contributed by atoms with Crippen LogP contribution in [0.2, 0.25) is 0 Å². The molecule has 146 valence electrons. The number of hydrogen-bond acceptors (Lipinski definition) is 5. The first kappa shape index (κ1) is 18.6. The van der Waals surface area contributed by atoms with Crippen LogP contribution in [0.3, 0.4) is 0 Å². The molecule has 1 aromatic rings. The Morgan fingerprint density at radius 2 is 1.81 bits per heavy atom. The predicted octanol–water partition coefficient (Wildman–Crippen LogP) is 3.94. The zero-order valence-electron chi connectivity index (χ0n) is 16.8. The van der Waals surface area contributed by atoms with E-state index >= 15 is 0 Å². The van der Waals surface area contributed by atoms with Gasteiger partial charge in [-0.25, -0.2) is 0 Å². The number of rotatable bonds is 5. The van der Waals surface area contributed by atoms with Crippen LogP contribution < -0.4 is 4.90 Å². The van der Waals surface area contributed by atoms with Gasteiger partial charge in [0.2, 0.25) is 5.95 Å². The van der Waals surface area contributed by atoms with Gasteiger partial charge in [0.1, 0.15) is 5.82 Å². The van der Waals surface area contributed by atoms with Crippen LogP contribution in [0, 0.1) is 11.3 Å². The van der Waals surface area contributed by atoms with Crippen LogP contribution in [0.25, 0.3) is 0 Å². The van der Waals surface area contributed by atoms with Gasteiger partial charge < -0.3 is 9.64 Å². The van der Waals surface area contributed by atoms with Gasteiger partial charge in [-0.05, 0) is 49.7 Å². The van der Waals surface area contributed by atoms with E-state index in [9.17, 15) is 0 Å². The predicted molar refractivity (Wildman–Crippen MR) is 108 cm³/mol. The minimum Gasteiger partial charge on any atom is -0.377 e. The Kier molecular flexibility index (Phi) is 5.26. The summed E-state index contributed by atoms with van der Waals surface area (Å²) in [6.07, 6.45) is 8.76. The number of aromatic nitrogens is 3. The van der Waals surface area contributed by atoms with Gasteiger partial charge in [0, 0.05) is 37.4 Å². The second-order valence-electron chi connectivity index (χ2n) is 9.39. The fraction of sp³-hybridized carbons (Fsp3) is 0.900. The molecule has 0 radical (unpaired) electrons. The van der Waals surface area contributed by atoms with E-state index in [-0.39, 0.29) is 11.5 Å². The summed E-state index contributed by atoms with van der Waals surface area (Å²) in [5, 5.41) is 10.3. The molecule has 3 fully saturated rings. The lowest BCUT2D eigenvalue weighted by atomic mass is 9.81. The van der Waals surface area contributed by atoms with Crippen LogP contribution in [-0.4, -0.2) is 52.1 Å². The fourth-order valence-corrected chi connectivity index (χ4v) is 5.23. The van der Waals surface area contributed by atoms with Gasteiger partial charge in [0.05, 0.1) is 6.10 Å². The number of ether oxygens (including phenoxy) is 1. The summed E-state index contributed by atoms with van der Waals surface area (Å²) in [4.78, 5) is 2.48. The second kappa shape index (κ2) is 7.34. The average Bonchev–Trinajstić information content (AvgIpc) is 3.13. The fourth-order valence-electron chi connectivity index (χ4n) is 4.55. The van der Waals surface area contributed by atoms with Crippen molar-refractivity contribution in [3.05, 3.63) is 5.82 Å². The zero-order chi connectivity index (χ0) is 18.3. The molecular formula is C20H34N4OS. The molecule has 3 heterocycles. The first-order chi connectivity index (χ1) is 12.5. The van der Waals surface area contributed by atoms with E-state index < -0.39 is 0 Å². The molecule has 26 heavy (non-hydrogen) atoms. The normalized spacial score (nSPS) is 28.1. The van der Waals surface area contributed by atoms with Crippen molar-refractivity contribution in [2.24, 2.45) is 11.3 Å². The van der Waals surface area contributed by atoms with E-state index in [1.807, 2.05) is 11.8 Å². The third kappa shape index (κ3) is 3.77. The molecule has 0 N–H and O–H groups in total. The molecule has 2 saturated heterocycles. The Bertz CT molecular complexity index is 614. The molecule has 0 spiro atoms. The van der Waals surface area contributed by atoms with E-state index in [4.69, 9.17) is 14.9 Å². The molecule has 1 aliphatic carbocycles. The van der Waals surface area contributed by atoms with Gasteiger partial charge in [-0.1, -0.05) is 20.8 Å². The average molecular weight is 379 g/mol. The quantitative estimate of drug-likeness (QED) is 0.776. The number of hydrogen-bond donors (Lipinski definition) is 0. The van der Waals surface area contributed by atoms with Crippen LogP contribution in [0.1, 0.15) is 64.6 Å². The van der Waals surface area contributed by atoms with Crippen molar-refractivity contribution in [1.82, 2.24) is 14.8 Å². The Labute approximate surface area is 162 Å². The molecule has 4 rings (SSSR count). The second-order valence-corrected chi connectivity index (χ2v) is 10.5. The lowest BCUT2D eigenvalue weighted by Gasteiger charge is -2.33. The monoisotopic (exact) mass is 378 g/mol. The van der Waals surface area contributed by atoms with Crippen molar-refractivity contribution in [2.45, 2.75) is 76.7 Å². The molecule has 2 atom stereocenters. The summed E-state index contributed by atoms with van der Waals surface area (Å²) in [6.45, 7) is 11.0. The van der Waals surface area contributed by atoms with Crippen molar-refractivity contribution >= 4 is 17.7 Å². The number of piperidine rings is 1. The Hall–Kier alpha value is -0.750. The molecule has 0 aromatic carbocycles. The minimum absolute atomic E-state index is 0.133. The lowest BCUT2D eigenvalue weighted by molar-refractivity contribution is 0.0191. The lowest BCUT2D eigenvalue weighted by Crippen LogP contribution is -2.37. The molecule has 5 nitrogen and oxygen atoms in total. The highest BCUT2D eigenvalue weighted by Gasteiger charge is 2.42. The van der Waals surface area contributed by atoms with Gasteiger partial charge in [0.15, 0.2) is 0 Å². The van der Waals surface area contributed by atoms with Crippen molar-refractivity contribution < 1.29 is 4.74 Å². The van der Waals surface area contributed by atoms with Crippen molar-refractivity contribution in [1.29, 1.82) is 0 Å². The molecule has 6 heteroatoms. The smallest absolute Gasteiger partial charge is 0.227 e. The van der Waals surface area contributed by atoms with E-state index in [1.165, 1.54) is 31.5 Å². The number of anilines is 1. The third-order valence-electron chi connectivity index (χ3n) is 6.23. The summed E-state index contributed by atoms with van der Waals surface area (Å²) in [7, 11) is 0. The van der Waals surface area contributed by atoms with Crippen LogP contribution >= 0.6 is 11.8 Å².